The van der Waals surface area contributed by atoms with E-state index in [4.69, 9.17) is 4.74 Å². The topological polar surface area (TPSA) is 49.8 Å². The number of carbonyl (C=O) groups is 1. The number of nitrogens with zero attached hydrogens (tertiary/aromatic N) is 1. The first-order chi connectivity index (χ1) is 11.1. The molecule has 1 N–H and O–H groups in total. The summed E-state index contributed by atoms with van der Waals surface area (Å²) in [6.07, 6.45) is 0. The molecule has 122 valence electrons. The van der Waals surface area contributed by atoms with E-state index >= 15 is 0 Å². The molecule has 0 aromatic heterocycles. The summed E-state index contributed by atoms with van der Waals surface area (Å²) in [5.74, 6) is 0.379. The van der Waals surface area contributed by atoms with Crippen molar-refractivity contribution in [3.63, 3.8) is 0 Å². The average molecular weight is 313 g/mol. The summed E-state index contributed by atoms with van der Waals surface area (Å²) in [5, 5.41) is 9.80. The van der Waals surface area contributed by atoms with Crippen LogP contribution in [0.2, 0.25) is 0 Å². The first-order valence-corrected chi connectivity index (χ1v) is 7.83. The van der Waals surface area contributed by atoms with Gasteiger partial charge in [0.25, 0.3) is 0 Å². The lowest BCUT2D eigenvalue weighted by atomic mass is 10.1. The molecule has 2 aromatic carbocycles. The molecule has 0 aliphatic rings. The summed E-state index contributed by atoms with van der Waals surface area (Å²) < 4.78 is 5.68. The normalized spacial score (nSPS) is 10.7. The lowest BCUT2D eigenvalue weighted by Gasteiger charge is -2.20. The van der Waals surface area contributed by atoms with Crippen LogP contribution in [-0.4, -0.2) is 35.5 Å². The molecule has 0 radical (unpaired) electrons. The maximum atomic E-state index is 11.3. The molecule has 4 nitrogen and oxygen atoms in total. The highest BCUT2D eigenvalue weighted by molar-refractivity contribution is 5.96. The Morgan fingerprint density at radius 3 is 2.52 bits per heavy atom. The summed E-state index contributed by atoms with van der Waals surface area (Å²) in [6, 6.07) is 15.1. The van der Waals surface area contributed by atoms with Crippen molar-refractivity contribution in [1.82, 2.24) is 4.90 Å². The number of phenolic OH excluding ortho intramolecular Hbond substituents is 1. The van der Waals surface area contributed by atoms with Crippen molar-refractivity contribution in [3.8, 4) is 11.5 Å². The SMILES string of the molecule is CCN(CCOc1ccc(C(C)=O)c(O)c1)Cc1ccccc1. The van der Waals surface area contributed by atoms with Crippen molar-refractivity contribution in [2.75, 3.05) is 19.7 Å². The van der Waals surface area contributed by atoms with E-state index in [2.05, 4.69) is 24.0 Å². The Bertz CT molecular complexity index is 640. The molecule has 0 aliphatic heterocycles. The van der Waals surface area contributed by atoms with Crippen LogP contribution in [0.25, 0.3) is 0 Å². The minimum Gasteiger partial charge on any atom is -0.507 e. The first kappa shape index (κ1) is 17.0. The Morgan fingerprint density at radius 2 is 1.91 bits per heavy atom. The summed E-state index contributed by atoms with van der Waals surface area (Å²) in [5.41, 5.74) is 1.59. The molecule has 0 bridgehead atoms. The molecule has 0 amide bonds. The van der Waals surface area contributed by atoms with Gasteiger partial charge in [-0.25, -0.2) is 0 Å². The predicted octanol–water partition coefficient (Wildman–Crippen LogP) is 3.50. The molecule has 23 heavy (non-hydrogen) atoms. The zero-order chi connectivity index (χ0) is 16.7. The van der Waals surface area contributed by atoms with E-state index in [0.717, 1.165) is 19.6 Å². The summed E-state index contributed by atoms with van der Waals surface area (Å²) in [7, 11) is 0. The van der Waals surface area contributed by atoms with Gasteiger partial charge >= 0.3 is 0 Å². The van der Waals surface area contributed by atoms with Gasteiger partial charge in [0.1, 0.15) is 18.1 Å². The van der Waals surface area contributed by atoms with Gasteiger partial charge < -0.3 is 9.84 Å². The molecule has 0 saturated heterocycles. The molecule has 0 atom stereocenters. The van der Waals surface area contributed by atoms with Crippen molar-refractivity contribution in [3.05, 3.63) is 59.7 Å². The van der Waals surface area contributed by atoms with Gasteiger partial charge in [-0.15, -0.1) is 0 Å². The van der Waals surface area contributed by atoms with Crippen molar-refractivity contribution in [2.45, 2.75) is 20.4 Å². The zero-order valence-corrected chi connectivity index (χ0v) is 13.7. The smallest absolute Gasteiger partial charge is 0.163 e. The lowest BCUT2D eigenvalue weighted by molar-refractivity contribution is 0.101. The monoisotopic (exact) mass is 313 g/mol. The quantitative estimate of drug-likeness (QED) is 0.758. The summed E-state index contributed by atoms with van der Waals surface area (Å²) >= 11 is 0. The fraction of sp³-hybridized carbons (Fsp3) is 0.316. The number of benzene rings is 2. The number of carbonyl (C=O) groups excluding carboxylic acids is 1. The maximum absolute atomic E-state index is 11.3. The average Bonchev–Trinajstić information content (AvgIpc) is 2.54. The van der Waals surface area contributed by atoms with E-state index in [1.54, 1.807) is 12.1 Å². The van der Waals surface area contributed by atoms with Gasteiger partial charge in [0.05, 0.1) is 5.56 Å². The number of ether oxygens (including phenoxy) is 1. The van der Waals surface area contributed by atoms with E-state index < -0.39 is 0 Å². The van der Waals surface area contributed by atoms with Crippen molar-refractivity contribution in [2.24, 2.45) is 0 Å². The lowest BCUT2D eigenvalue weighted by Crippen LogP contribution is -2.27. The molecule has 0 heterocycles. The van der Waals surface area contributed by atoms with Gasteiger partial charge in [0.2, 0.25) is 0 Å². The Morgan fingerprint density at radius 1 is 1.17 bits per heavy atom. The number of likely N-dealkylation sites (N-methyl/N-ethyl adjacent to an activating group) is 1. The number of phenols is 1. The second-order valence-electron chi connectivity index (χ2n) is 5.44. The Labute approximate surface area is 137 Å². The molecule has 2 rings (SSSR count). The summed E-state index contributed by atoms with van der Waals surface area (Å²) in [6.45, 7) is 6.69. The highest BCUT2D eigenvalue weighted by Crippen LogP contribution is 2.23. The van der Waals surface area contributed by atoms with Crippen LogP contribution in [-0.2, 0) is 6.54 Å². The van der Waals surface area contributed by atoms with E-state index in [9.17, 15) is 9.90 Å². The van der Waals surface area contributed by atoms with Gasteiger partial charge in [-0.3, -0.25) is 9.69 Å². The van der Waals surface area contributed by atoms with Crippen molar-refractivity contribution < 1.29 is 14.6 Å². The Hall–Kier alpha value is -2.33. The van der Waals surface area contributed by atoms with Crippen LogP contribution in [0.4, 0.5) is 0 Å². The second-order valence-corrected chi connectivity index (χ2v) is 5.44. The number of rotatable bonds is 8. The molecule has 0 aliphatic carbocycles. The molecule has 0 saturated carbocycles. The fourth-order valence-corrected chi connectivity index (χ4v) is 2.38. The molecular formula is C19H23NO3. The minimum atomic E-state index is -0.158. The zero-order valence-electron chi connectivity index (χ0n) is 13.7. The molecule has 2 aromatic rings. The number of ketones is 1. The Balaban J connectivity index is 1.85. The van der Waals surface area contributed by atoms with Gasteiger partial charge in [-0.1, -0.05) is 37.3 Å². The third-order valence-electron chi connectivity index (χ3n) is 3.72. The van der Waals surface area contributed by atoms with E-state index in [0.29, 0.717) is 17.9 Å². The first-order valence-electron chi connectivity index (χ1n) is 7.83. The van der Waals surface area contributed by atoms with Gasteiger partial charge in [-0.2, -0.15) is 0 Å². The number of aromatic hydroxyl groups is 1. The van der Waals surface area contributed by atoms with E-state index in [1.165, 1.54) is 18.6 Å². The number of hydrogen-bond acceptors (Lipinski definition) is 4. The standard InChI is InChI=1S/C19H23NO3/c1-3-20(14-16-7-5-4-6-8-16)11-12-23-17-9-10-18(15(2)21)19(22)13-17/h4-10,13,22H,3,11-12,14H2,1-2H3. The van der Waals surface area contributed by atoms with Crippen LogP contribution in [0.5, 0.6) is 11.5 Å². The van der Waals surface area contributed by atoms with Crippen molar-refractivity contribution in [1.29, 1.82) is 0 Å². The minimum absolute atomic E-state index is 0.0355. The second kappa shape index (κ2) is 8.34. The summed E-state index contributed by atoms with van der Waals surface area (Å²) in [4.78, 5) is 13.6. The highest BCUT2D eigenvalue weighted by Gasteiger charge is 2.08. The molecule has 0 fully saturated rings. The third-order valence-corrected chi connectivity index (χ3v) is 3.72. The van der Waals surface area contributed by atoms with Crippen LogP contribution in [0.3, 0.4) is 0 Å². The van der Waals surface area contributed by atoms with E-state index in [1.807, 2.05) is 18.2 Å². The predicted molar refractivity (Wildman–Crippen MR) is 91.0 cm³/mol. The van der Waals surface area contributed by atoms with Crippen LogP contribution in [0.15, 0.2) is 48.5 Å². The third kappa shape index (κ3) is 5.11. The number of Topliss-reactive ketones (excluding diaryl/α,β-unsaturated/α-hetero) is 1. The van der Waals surface area contributed by atoms with Crippen LogP contribution >= 0.6 is 0 Å². The van der Waals surface area contributed by atoms with Crippen molar-refractivity contribution >= 4 is 5.78 Å². The fourth-order valence-electron chi connectivity index (χ4n) is 2.38. The molecule has 4 heteroatoms. The van der Waals surface area contributed by atoms with Gasteiger partial charge in [0, 0.05) is 19.2 Å². The van der Waals surface area contributed by atoms with Gasteiger partial charge in [-0.05, 0) is 31.2 Å². The molecule has 0 spiro atoms. The molecular weight excluding hydrogens is 290 g/mol. The number of hydrogen-bond donors (Lipinski definition) is 1. The largest absolute Gasteiger partial charge is 0.507 e. The Kier molecular flexibility index (Phi) is 6.18. The van der Waals surface area contributed by atoms with Crippen LogP contribution < -0.4 is 4.74 Å². The molecule has 0 unspecified atom stereocenters. The van der Waals surface area contributed by atoms with Crippen LogP contribution in [0, 0.1) is 0 Å². The van der Waals surface area contributed by atoms with Crippen LogP contribution in [0.1, 0.15) is 29.8 Å². The van der Waals surface area contributed by atoms with E-state index in [-0.39, 0.29) is 11.5 Å². The highest BCUT2D eigenvalue weighted by atomic mass is 16.5. The maximum Gasteiger partial charge on any atom is 0.163 e. The van der Waals surface area contributed by atoms with Gasteiger partial charge in [0.15, 0.2) is 5.78 Å².